The number of aryl methyl sites for hydroxylation is 4. The van der Waals surface area contributed by atoms with E-state index < -0.39 is 0 Å². The third-order valence-electron chi connectivity index (χ3n) is 6.07. The zero-order valence-electron chi connectivity index (χ0n) is 19.0. The van der Waals surface area contributed by atoms with E-state index in [2.05, 4.69) is 47.6 Å². The predicted molar refractivity (Wildman–Crippen MR) is 138 cm³/mol. The number of aromatic nitrogens is 4. The van der Waals surface area contributed by atoms with Crippen molar-refractivity contribution < 1.29 is 9.47 Å². The van der Waals surface area contributed by atoms with Gasteiger partial charge in [0.15, 0.2) is 0 Å². The molecule has 0 saturated carbocycles. The Kier molecular flexibility index (Phi) is 4.93. The highest BCUT2D eigenvalue weighted by Gasteiger charge is 2.15. The van der Waals surface area contributed by atoms with Crippen LogP contribution in [-0.2, 0) is 0 Å². The molecule has 168 valence electrons. The summed E-state index contributed by atoms with van der Waals surface area (Å²) in [6.07, 6.45) is 3.10. The fourth-order valence-corrected chi connectivity index (χ4v) is 5.98. The number of ether oxygens (including phenoxy) is 2. The summed E-state index contributed by atoms with van der Waals surface area (Å²) < 4.78 is 12.4. The van der Waals surface area contributed by atoms with Crippen LogP contribution in [0.4, 0.5) is 0 Å². The molecular weight excluding hydrogens is 464 g/mol. The second-order valence-electron chi connectivity index (χ2n) is 8.16. The number of hydrogen-bond acceptors (Lipinski definition) is 8. The van der Waals surface area contributed by atoms with Gasteiger partial charge in [-0.25, -0.2) is 19.9 Å². The highest BCUT2D eigenvalue weighted by Crippen LogP contribution is 2.38. The van der Waals surface area contributed by atoms with Gasteiger partial charge in [-0.05, 0) is 73.9 Å². The minimum absolute atomic E-state index is 0.574. The van der Waals surface area contributed by atoms with E-state index in [1.807, 2.05) is 36.4 Å². The monoisotopic (exact) mass is 484 g/mol. The van der Waals surface area contributed by atoms with Crippen LogP contribution in [0.25, 0.3) is 31.2 Å². The Hall–Kier alpha value is -3.62. The van der Waals surface area contributed by atoms with Crippen molar-refractivity contribution in [1.82, 2.24) is 19.9 Å². The van der Waals surface area contributed by atoms with Gasteiger partial charge >= 0.3 is 0 Å². The third-order valence-corrected chi connectivity index (χ3v) is 8.30. The van der Waals surface area contributed by atoms with Crippen molar-refractivity contribution in [2.75, 3.05) is 0 Å². The summed E-state index contributed by atoms with van der Waals surface area (Å²) >= 11 is 3.31. The smallest absolute Gasteiger partial charge is 0.231 e. The minimum Gasteiger partial charge on any atom is -0.438 e. The molecule has 0 aliphatic carbocycles. The zero-order chi connectivity index (χ0) is 23.4. The van der Waals surface area contributed by atoms with E-state index in [9.17, 15) is 0 Å². The van der Waals surface area contributed by atoms with Crippen molar-refractivity contribution in [3.8, 4) is 23.3 Å². The third kappa shape index (κ3) is 3.46. The van der Waals surface area contributed by atoms with Crippen molar-refractivity contribution in [3.05, 3.63) is 69.9 Å². The first-order chi connectivity index (χ1) is 16.5. The first kappa shape index (κ1) is 20.9. The van der Waals surface area contributed by atoms with E-state index in [1.54, 1.807) is 35.3 Å². The minimum atomic E-state index is 0.574. The maximum absolute atomic E-state index is 6.22. The second-order valence-corrected chi connectivity index (χ2v) is 10.6. The molecule has 0 atom stereocenters. The van der Waals surface area contributed by atoms with Gasteiger partial charge < -0.3 is 9.47 Å². The van der Waals surface area contributed by atoms with Crippen LogP contribution in [0.1, 0.15) is 20.9 Å². The largest absolute Gasteiger partial charge is 0.438 e. The fourth-order valence-electron chi connectivity index (χ4n) is 4.01. The molecule has 34 heavy (non-hydrogen) atoms. The maximum Gasteiger partial charge on any atom is 0.231 e. The summed E-state index contributed by atoms with van der Waals surface area (Å²) in [7, 11) is 0. The van der Waals surface area contributed by atoms with Gasteiger partial charge in [0.25, 0.3) is 0 Å². The molecule has 0 radical (unpaired) electrons. The molecule has 0 saturated heterocycles. The topological polar surface area (TPSA) is 70.0 Å². The molecule has 0 aliphatic rings. The lowest BCUT2D eigenvalue weighted by Gasteiger charge is -2.10. The molecule has 4 aromatic heterocycles. The van der Waals surface area contributed by atoms with Gasteiger partial charge in [0.2, 0.25) is 11.8 Å². The summed E-state index contributed by atoms with van der Waals surface area (Å²) in [5, 5.41) is 4.03. The first-order valence-electron chi connectivity index (χ1n) is 10.8. The molecule has 0 spiro atoms. The first-order valence-corrected chi connectivity index (χ1v) is 12.4. The predicted octanol–water partition coefficient (Wildman–Crippen LogP) is 7.67. The van der Waals surface area contributed by atoms with Crippen molar-refractivity contribution in [2.24, 2.45) is 0 Å². The maximum atomic E-state index is 6.22. The lowest BCUT2D eigenvalue weighted by molar-refractivity contribution is 0.467. The summed E-state index contributed by atoms with van der Waals surface area (Å²) in [5.41, 5.74) is 2.31. The number of hydrogen-bond donors (Lipinski definition) is 0. The molecule has 2 aromatic carbocycles. The molecule has 0 bridgehead atoms. The van der Waals surface area contributed by atoms with Crippen LogP contribution in [0.5, 0.6) is 23.3 Å². The molecule has 0 fully saturated rings. The van der Waals surface area contributed by atoms with Gasteiger partial charge in [-0.3, -0.25) is 0 Å². The van der Waals surface area contributed by atoms with Gasteiger partial charge in [-0.2, -0.15) is 0 Å². The van der Waals surface area contributed by atoms with Crippen LogP contribution in [0.15, 0.2) is 49.1 Å². The number of nitrogens with zero attached hydrogens (tertiary/aromatic N) is 4. The van der Waals surface area contributed by atoms with E-state index in [-0.39, 0.29) is 0 Å². The number of benzene rings is 2. The van der Waals surface area contributed by atoms with Crippen LogP contribution in [0, 0.1) is 27.7 Å². The molecule has 0 amide bonds. The van der Waals surface area contributed by atoms with E-state index in [0.29, 0.717) is 23.3 Å². The van der Waals surface area contributed by atoms with Gasteiger partial charge in [-0.15, -0.1) is 22.7 Å². The Balaban J connectivity index is 1.36. The molecule has 0 unspecified atom stereocenters. The average Bonchev–Trinajstić information content (AvgIpc) is 3.29. The van der Waals surface area contributed by atoms with Crippen molar-refractivity contribution in [2.45, 2.75) is 27.7 Å². The Morgan fingerprint density at radius 1 is 0.588 bits per heavy atom. The van der Waals surface area contributed by atoms with Gasteiger partial charge in [0.1, 0.15) is 33.8 Å². The number of fused-ring (bicyclic) bond motifs is 3. The molecule has 6 aromatic rings. The molecule has 8 heteroatoms. The Morgan fingerprint density at radius 3 is 1.53 bits per heavy atom. The molecule has 0 N–H and O–H groups in total. The lowest BCUT2D eigenvalue weighted by Crippen LogP contribution is -1.92. The van der Waals surface area contributed by atoms with E-state index >= 15 is 0 Å². The molecular formula is C26H20N4O2S2. The summed E-state index contributed by atoms with van der Waals surface area (Å²) in [6.45, 7) is 8.34. The van der Waals surface area contributed by atoms with E-state index in [4.69, 9.17) is 9.47 Å². The van der Waals surface area contributed by atoms with Crippen molar-refractivity contribution >= 4 is 53.9 Å². The zero-order valence-corrected chi connectivity index (χ0v) is 20.7. The Labute approximate surface area is 203 Å². The highest BCUT2D eigenvalue weighted by atomic mass is 32.1. The molecule has 4 heterocycles. The van der Waals surface area contributed by atoms with E-state index in [0.717, 1.165) is 42.3 Å². The second kappa shape index (κ2) is 8.00. The summed E-state index contributed by atoms with van der Waals surface area (Å²) in [6, 6.07) is 12.0. The fraction of sp³-hybridized carbons (Fsp3) is 0.154. The van der Waals surface area contributed by atoms with Crippen LogP contribution in [0.2, 0.25) is 0 Å². The lowest BCUT2D eigenvalue weighted by atomic mass is 10.1. The van der Waals surface area contributed by atoms with Crippen LogP contribution in [-0.4, -0.2) is 19.9 Å². The average molecular weight is 485 g/mol. The Morgan fingerprint density at radius 2 is 1.06 bits per heavy atom. The van der Waals surface area contributed by atoms with Crippen LogP contribution < -0.4 is 9.47 Å². The molecule has 6 nitrogen and oxygen atoms in total. The SMILES string of the molecule is Cc1sc2ncnc(Oc3ccc4ccc(Oc5ncnc6sc(C)c(C)c56)cc4c3)c2c1C. The number of rotatable bonds is 4. The molecule has 6 rings (SSSR count). The van der Waals surface area contributed by atoms with Gasteiger partial charge in [-0.1, -0.05) is 12.1 Å². The normalized spacial score (nSPS) is 11.5. The highest BCUT2D eigenvalue weighted by molar-refractivity contribution is 7.19. The summed E-state index contributed by atoms with van der Waals surface area (Å²) in [4.78, 5) is 21.9. The molecule has 0 aliphatic heterocycles. The Bertz CT molecular complexity index is 1600. The van der Waals surface area contributed by atoms with Gasteiger partial charge in [0.05, 0.1) is 10.8 Å². The summed E-state index contributed by atoms with van der Waals surface area (Å²) in [5.74, 6) is 2.57. The quantitative estimate of drug-likeness (QED) is 0.256. The van der Waals surface area contributed by atoms with Crippen molar-refractivity contribution in [3.63, 3.8) is 0 Å². The van der Waals surface area contributed by atoms with Crippen LogP contribution >= 0.6 is 22.7 Å². The van der Waals surface area contributed by atoms with Gasteiger partial charge in [0, 0.05) is 9.75 Å². The number of thiophene rings is 2. The van der Waals surface area contributed by atoms with Crippen LogP contribution in [0.3, 0.4) is 0 Å². The van der Waals surface area contributed by atoms with E-state index in [1.165, 1.54) is 9.75 Å². The van der Waals surface area contributed by atoms with Crippen molar-refractivity contribution in [1.29, 1.82) is 0 Å². The standard InChI is InChI=1S/C26H20N4O2S2/c1-13-15(3)33-25-21(13)23(27-11-29-25)31-19-7-5-17-6-8-20(10-18(17)9-19)32-24-22-14(2)16(4)34-26(22)30-12-28-24/h5-12H,1-4H3.